The summed E-state index contributed by atoms with van der Waals surface area (Å²) in [7, 11) is -0.0523. The molecule has 0 atom stereocenters. The number of esters is 1. The Balaban J connectivity index is 3.16. The second-order valence-electron chi connectivity index (χ2n) is 3.63. The molecule has 0 saturated heterocycles. The molecule has 0 bridgehead atoms. The van der Waals surface area contributed by atoms with Gasteiger partial charge in [-0.3, -0.25) is 4.79 Å². The highest BCUT2D eigenvalue weighted by molar-refractivity contribution is 7.89. The lowest BCUT2D eigenvalue weighted by Crippen LogP contribution is -2.32. The molecule has 6 nitrogen and oxygen atoms in total. The van der Waals surface area contributed by atoms with Crippen molar-refractivity contribution >= 4 is 27.6 Å². The Morgan fingerprint density at radius 3 is 2.53 bits per heavy atom. The predicted octanol–water partition coefficient (Wildman–Crippen LogP) is 1.14. The van der Waals surface area contributed by atoms with Crippen LogP contribution in [0.15, 0.2) is 23.1 Å². The Labute approximate surface area is 116 Å². The van der Waals surface area contributed by atoms with Gasteiger partial charge >= 0.3 is 5.97 Å². The molecular formula is C11H14ClNO5S. The average Bonchev–Trinajstić information content (AvgIpc) is 2.37. The zero-order valence-electron chi connectivity index (χ0n) is 10.7. The van der Waals surface area contributed by atoms with Gasteiger partial charge in [-0.25, -0.2) is 8.42 Å². The fourth-order valence-corrected chi connectivity index (χ4v) is 2.76. The van der Waals surface area contributed by atoms with Crippen LogP contribution in [0.3, 0.4) is 0 Å². The van der Waals surface area contributed by atoms with E-state index < -0.39 is 16.0 Å². The van der Waals surface area contributed by atoms with Gasteiger partial charge in [-0.2, -0.15) is 4.31 Å². The summed E-state index contributed by atoms with van der Waals surface area (Å²) in [4.78, 5) is 11.1. The lowest BCUT2D eigenvalue weighted by Gasteiger charge is -2.17. The highest BCUT2D eigenvalue weighted by Crippen LogP contribution is 2.28. The van der Waals surface area contributed by atoms with Crippen LogP contribution in [0.4, 0.5) is 0 Å². The molecule has 0 unspecified atom stereocenters. The van der Waals surface area contributed by atoms with Gasteiger partial charge in [0.15, 0.2) is 0 Å². The van der Waals surface area contributed by atoms with Gasteiger partial charge in [0, 0.05) is 18.1 Å². The number of benzene rings is 1. The summed E-state index contributed by atoms with van der Waals surface area (Å²) < 4.78 is 34.8. The van der Waals surface area contributed by atoms with Crippen LogP contribution in [-0.2, 0) is 19.6 Å². The summed E-state index contributed by atoms with van der Waals surface area (Å²) in [5, 5.41) is 0.353. The number of halogens is 1. The Bertz CT molecular complexity index is 572. The van der Waals surface area contributed by atoms with Crippen LogP contribution in [0.2, 0.25) is 5.02 Å². The van der Waals surface area contributed by atoms with Gasteiger partial charge in [0.1, 0.15) is 17.2 Å². The van der Waals surface area contributed by atoms with Gasteiger partial charge in [0.25, 0.3) is 0 Å². The zero-order valence-corrected chi connectivity index (χ0v) is 12.3. The Morgan fingerprint density at radius 1 is 1.37 bits per heavy atom. The summed E-state index contributed by atoms with van der Waals surface area (Å²) in [6.45, 7) is -0.384. The second kappa shape index (κ2) is 6.23. The number of ether oxygens (including phenoxy) is 2. The van der Waals surface area contributed by atoms with E-state index in [0.717, 1.165) is 4.31 Å². The van der Waals surface area contributed by atoms with Crippen LogP contribution >= 0.6 is 11.6 Å². The molecule has 0 aromatic heterocycles. The van der Waals surface area contributed by atoms with Gasteiger partial charge in [-0.15, -0.1) is 0 Å². The third-order valence-electron chi connectivity index (χ3n) is 2.39. The van der Waals surface area contributed by atoms with Crippen molar-refractivity contribution < 1.29 is 22.7 Å². The highest BCUT2D eigenvalue weighted by atomic mass is 35.5. The van der Waals surface area contributed by atoms with E-state index in [9.17, 15) is 13.2 Å². The van der Waals surface area contributed by atoms with E-state index in [1.165, 1.54) is 39.5 Å². The fraction of sp³-hybridized carbons (Fsp3) is 0.364. The number of nitrogens with zero attached hydrogens (tertiary/aromatic N) is 1. The molecule has 0 fully saturated rings. The number of hydrogen-bond donors (Lipinski definition) is 0. The molecule has 0 aliphatic carbocycles. The van der Waals surface area contributed by atoms with Gasteiger partial charge in [-0.05, 0) is 12.1 Å². The molecule has 0 amide bonds. The maximum atomic E-state index is 12.3. The minimum Gasteiger partial charge on any atom is -0.495 e. The standard InChI is InChI=1S/C11H14ClNO5S/c1-13(7-11(14)18-3)19(15,16)10-5-4-8(12)6-9(10)17-2/h4-6H,7H2,1-3H3. The number of hydrogen-bond acceptors (Lipinski definition) is 5. The third-order valence-corrected chi connectivity index (χ3v) is 4.47. The first-order chi connectivity index (χ1) is 8.82. The Morgan fingerprint density at radius 2 is 2.00 bits per heavy atom. The van der Waals surface area contributed by atoms with E-state index in [1.54, 1.807) is 0 Å². The van der Waals surface area contributed by atoms with E-state index in [2.05, 4.69) is 4.74 Å². The number of sulfonamides is 1. The molecule has 0 heterocycles. The maximum absolute atomic E-state index is 12.3. The molecule has 1 aromatic carbocycles. The molecule has 0 N–H and O–H groups in total. The van der Waals surface area contributed by atoms with E-state index >= 15 is 0 Å². The van der Waals surface area contributed by atoms with Crippen molar-refractivity contribution in [3.05, 3.63) is 23.2 Å². The van der Waals surface area contributed by atoms with Crippen molar-refractivity contribution in [2.45, 2.75) is 4.90 Å². The van der Waals surface area contributed by atoms with Crippen LogP contribution in [0.25, 0.3) is 0 Å². The van der Waals surface area contributed by atoms with Crippen molar-refractivity contribution in [3.8, 4) is 5.75 Å². The number of carbonyl (C=O) groups is 1. The molecule has 0 radical (unpaired) electrons. The lowest BCUT2D eigenvalue weighted by atomic mass is 10.3. The fourth-order valence-electron chi connectivity index (χ4n) is 1.35. The van der Waals surface area contributed by atoms with E-state index in [4.69, 9.17) is 16.3 Å². The van der Waals surface area contributed by atoms with Crippen molar-refractivity contribution in [3.63, 3.8) is 0 Å². The lowest BCUT2D eigenvalue weighted by molar-refractivity contribution is -0.140. The highest BCUT2D eigenvalue weighted by Gasteiger charge is 2.26. The van der Waals surface area contributed by atoms with Crippen LogP contribution in [0.5, 0.6) is 5.75 Å². The van der Waals surface area contributed by atoms with Crippen molar-refractivity contribution in [1.82, 2.24) is 4.31 Å². The predicted molar refractivity (Wildman–Crippen MR) is 69.8 cm³/mol. The van der Waals surface area contributed by atoms with Gasteiger partial charge in [0.2, 0.25) is 10.0 Å². The summed E-state index contributed by atoms with van der Waals surface area (Å²) in [6.07, 6.45) is 0. The van der Waals surface area contributed by atoms with Crippen LogP contribution in [0, 0.1) is 0 Å². The second-order valence-corrected chi connectivity index (χ2v) is 6.08. The number of methoxy groups -OCH3 is 2. The molecule has 1 aromatic rings. The first-order valence-electron chi connectivity index (χ1n) is 5.19. The van der Waals surface area contributed by atoms with Gasteiger partial charge < -0.3 is 9.47 Å². The van der Waals surface area contributed by atoms with Crippen LogP contribution in [-0.4, -0.2) is 46.5 Å². The number of likely N-dealkylation sites (N-methyl/N-ethyl adjacent to an activating group) is 1. The first-order valence-corrected chi connectivity index (χ1v) is 7.01. The van der Waals surface area contributed by atoms with Crippen LogP contribution < -0.4 is 4.74 Å². The minimum absolute atomic E-state index is 0.0641. The van der Waals surface area contributed by atoms with E-state index in [0.29, 0.717) is 5.02 Å². The topological polar surface area (TPSA) is 72.9 Å². The van der Waals surface area contributed by atoms with Gasteiger partial charge in [-0.1, -0.05) is 11.6 Å². The molecule has 0 aliphatic rings. The molecular weight excluding hydrogens is 294 g/mol. The van der Waals surface area contributed by atoms with E-state index in [1.807, 2.05) is 0 Å². The Hall–Kier alpha value is -1.31. The SMILES string of the molecule is COC(=O)CN(C)S(=O)(=O)c1ccc(Cl)cc1OC. The molecule has 1 rings (SSSR count). The van der Waals surface area contributed by atoms with Crippen molar-refractivity contribution in [2.75, 3.05) is 27.8 Å². The molecule has 106 valence electrons. The van der Waals surface area contributed by atoms with Crippen molar-refractivity contribution in [2.24, 2.45) is 0 Å². The maximum Gasteiger partial charge on any atom is 0.321 e. The van der Waals surface area contributed by atoms with Crippen LogP contribution in [0.1, 0.15) is 0 Å². The first kappa shape index (κ1) is 15.7. The third kappa shape index (κ3) is 3.59. The van der Waals surface area contributed by atoms with Crippen molar-refractivity contribution in [1.29, 1.82) is 0 Å². The monoisotopic (exact) mass is 307 g/mol. The minimum atomic E-state index is -3.85. The normalized spacial score (nSPS) is 11.4. The zero-order chi connectivity index (χ0) is 14.6. The molecule has 0 aliphatic heterocycles. The average molecular weight is 308 g/mol. The van der Waals surface area contributed by atoms with Gasteiger partial charge in [0.05, 0.1) is 14.2 Å². The summed E-state index contributed by atoms with van der Waals surface area (Å²) in [6, 6.07) is 4.15. The Kier molecular flexibility index (Phi) is 5.16. The summed E-state index contributed by atoms with van der Waals surface area (Å²) >= 11 is 5.77. The molecule has 19 heavy (non-hydrogen) atoms. The smallest absolute Gasteiger partial charge is 0.321 e. The summed E-state index contributed by atoms with van der Waals surface area (Å²) in [5.41, 5.74) is 0. The molecule has 0 saturated carbocycles. The van der Waals surface area contributed by atoms with E-state index in [-0.39, 0.29) is 17.2 Å². The number of carbonyl (C=O) groups excluding carboxylic acids is 1. The molecule has 8 heteroatoms. The largest absolute Gasteiger partial charge is 0.495 e. The number of rotatable bonds is 5. The summed E-state index contributed by atoms with van der Waals surface area (Å²) in [5.74, 6) is -0.539. The molecule has 0 spiro atoms. The quantitative estimate of drug-likeness (QED) is 0.763.